The molecule has 2 N–H and O–H groups in total. The molecule has 2 nitrogen and oxygen atoms in total. The Hall–Kier alpha value is -0.0800. The molecule has 0 radical (unpaired) electrons. The van der Waals surface area contributed by atoms with Gasteiger partial charge in [0.25, 0.3) is 0 Å². The minimum Gasteiger partial charge on any atom is -0.393 e. The van der Waals surface area contributed by atoms with Crippen LogP contribution in [0.3, 0.4) is 0 Å². The van der Waals surface area contributed by atoms with E-state index in [4.69, 9.17) is 0 Å². The van der Waals surface area contributed by atoms with Crippen molar-refractivity contribution in [2.24, 2.45) is 5.92 Å². The second-order valence-corrected chi connectivity index (χ2v) is 4.11. The van der Waals surface area contributed by atoms with Crippen molar-refractivity contribution in [3.63, 3.8) is 0 Å². The quantitative estimate of drug-likeness (QED) is 0.604. The molecule has 0 aromatic heterocycles. The first-order chi connectivity index (χ1) is 5.02. The second kappa shape index (κ2) is 3.11. The zero-order chi connectivity index (χ0) is 8.48. The topological polar surface area (TPSA) is 40.5 Å². The second-order valence-electron chi connectivity index (χ2n) is 4.11. The molecule has 1 fully saturated rings. The molecule has 11 heavy (non-hydrogen) atoms. The highest BCUT2D eigenvalue weighted by atomic mass is 16.3. The fraction of sp³-hybridized carbons (Fsp3) is 1.00. The van der Waals surface area contributed by atoms with Crippen molar-refractivity contribution in [1.82, 2.24) is 0 Å². The van der Waals surface area contributed by atoms with Gasteiger partial charge < -0.3 is 10.2 Å². The van der Waals surface area contributed by atoms with Gasteiger partial charge in [-0.05, 0) is 26.7 Å². The number of aliphatic hydroxyl groups is 2. The van der Waals surface area contributed by atoms with Crippen LogP contribution in [0.5, 0.6) is 0 Å². The molecule has 2 heteroatoms. The SMILES string of the molecule is CC(C)(O)[C@@H]1CCCC[C@@H]1O. The first-order valence-electron chi connectivity index (χ1n) is 4.42. The van der Waals surface area contributed by atoms with Gasteiger partial charge in [0.2, 0.25) is 0 Å². The van der Waals surface area contributed by atoms with Crippen molar-refractivity contribution in [2.45, 2.75) is 51.2 Å². The maximum Gasteiger partial charge on any atom is 0.0644 e. The normalized spacial score (nSPS) is 33.8. The summed E-state index contributed by atoms with van der Waals surface area (Å²) in [6, 6.07) is 0. The molecule has 1 aliphatic rings. The van der Waals surface area contributed by atoms with E-state index in [2.05, 4.69) is 0 Å². The molecule has 0 aromatic carbocycles. The molecule has 0 aromatic rings. The van der Waals surface area contributed by atoms with Gasteiger partial charge in [-0.2, -0.15) is 0 Å². The van der Waals surface area contributed by atoms with Gasteiger partial charge in [-0.15, -0.1) is 0 Å². The van der Waals surface area contributed by atoms with E-state index in [0.717, 1.165) is 25.7 Å². The maximum atomic E-state index is 9.65. The number of hydrogen-bond acceptors (Lipinski definition) is 2. The number of hydrogen-bond donors (Lipinski definition) is 2. The average molecular weight is 158 g/mol. The Bertz CT molecular complexity index is 126. The Labute approximate surface area is 68.2 Å². The lowest BCUT2D eigenvalue weighted by Gasteiger charge is -2.36. The Kier molecular flexibility index (Phi) is 2.55. The highest BCUT2D eigenvalue weighted by molar-refractivity contribution is 4.85. The van der Waals surface area contributed by atoms with Crippen molar-refractivity contribution in [3.05, 3.63) is 0 Å². The Morgan fingerprint density at radius 1 is 1.18 bits per heavy atom. The van der Waals surface area contributed by atoms with Crippen LogP contribution in [0.2, 0.25) is 0 Å². The third-order valence-electron chi connectivity index (χ3n) is 2.64. The smallest absolute Gasteiger partial charge is 0.0644 e. The van der Waals surface area contributed by atoms with Crippen LogP contribution in [0.25, 0.3) is 0 Å². The summed E-state index contributed by atoms with van der Waals surface area (Å²) in [5.41, 5.74) is -0.708. The zero-order valence-electron chi connectivity index (χ0n) is 7.38. The highest BCUT2D eigenvalue weighted by Gasteiger charge is 2.34. The maximum absolute atomic E-state index is 9.65. The zero-order valence-corrected chi connectivity index (χ0v) is 7.38. The molecular formula is C9H18O2. The molecule has 1 aliphatic carbocycles. The predicted molar refractivity (Wildman–Crippen MR) is 44.3 cm³/mol. The van der Waals surface area contributed by atoms with Crippen LogP contribution < -0.4 is 0 Å². The number of aliphatic hydroxyl groups excluding tert-OH is 1. The van der Waals surface area contributed by atoms with Gasteiger partial charge in [0.1, 0.15) is 0 Å². The lowest BCUT2D eigenvalue weighted by Crippen LogP contribution is -2.41. The molecule has 0 unspecified atom stereocenters. The molecule has 66 valence electrons. The summed E-state index contributed by atoms with van der Waals surface area (Å²) in [5, 5.41) is 19.2. The highest BCUT2D eigenvalue weighted by Crippen LogP contribution is 2.32. The summed E-state index contributed by atoms with van der Waals surface area (Å²) < 4.78 is 0. The molecule has 0 saturated heterocycles. The minimum atomic E-state index is -0.708. The third-order valence-corrected chi connectivity index (χ3v) is 2.64. The monoisotopic (exact) mass is 158 g/mol. The molecule has 2 atom stereocenters. The number of rotatable bonds is 1. The predicted octanol–water partition coefficient (Wildman–Crippen LogP) is 1.31. The van der Waals surface area contributed by atoms with Crippen LogP contribution in [0.15, 0.2) is 0 Å². The molecule has 1 rings (SSSR count). The Morgan fingerprint density at radius 3 is 2.09 bits per heavy atom. The standard InChI is InChI=1S/C9H18O2/c1-9(2,11)7-5-3-4-6-8(7)10/h7-8,10-11H,3-6H2,1-2H3/t7-,8+/m1/s1. The van der Waals surface area contributed by atoms with Crippen molar-refractivity contribution < 1.29 is 10.2 Å². The molecule has 0 amide bonds. The van der Waals surface area contributed by atoms with Gasteiger partial charge in [-0.25, -0.2) is 0 Å². The Balaban J connectivity index is 2.55. The van der Waals surface area contributed by atoms with Gasteiger partial charge >= 0.3 is 0 Å². The molecule has 0 bridgehead atoms. The van der Waals surface area contributed by atoms with Crippen molar-refractivity contribution >= 4 is 0 Å². The van der Waals surface area contributed by atoms with Crippen LogP contribution in [0.1, 0.15) is 39.5 Å². The van der Waals surface area contributed by atoms with E-state index >= 15 is 0 Å². The van der Waals surface area contributed by atoms with Gasteiger partial charge in [0, 0.05) is 5.92 Å². The molecule has 0 aliphatic heterocycles. The fourth-order valence-electron chi connectivity index (χ4n) is 1.94. The van der Waals surface area contributed by atoms with Gasteiger partial charge in [0.15, 0.2) is 0 Å². The van der Waals surface area contributed by atoms with E-state index in [-0.39, 0.29) is 12.0 Å². The van der Waals surface area contributed by atoms with E-state index in [1.807, 2.05) is 0 Å². The minimum absolute atomic E-state index is 0.0799. The largest absolute Gasteiger partial charge is 0.393 e. The molecule has 1 saturated carbocycles. The van der Waals surface area contributed by atoms with E-state index < -0.39 is 5.60 Å². The third kappa shape index (κ3) is 2.17. The fourth-order valence-corrected chi connectivity index (χ4v) is 1.94. The van der Waals surface area contributed by atoms with Gasteiger partial charge in [-0.1, -0.05) is 12.8 Å². The summed E-state index contributed by atoms with van der Waals surface area (Å²) in [5.74, 6) is 0.0799. The van der Waals surface area contributed by atoms with Crippen LogP contribution in [0.4, 0.5) is 0 Å². The van der Waals surface area contributed by atoms with Crippen LogP contribution in [-0.2, 0) is 0 Å². The first kappa shape index (κ1) is 9.01. The summed E-state index contributed by atoms with van der Waals surface area (Å²) in [6.07, 6.45) is 3.78. The molecule has 0 spiro atoms. The van der Waals surface area contributed by atoms with E-state index in [0.29, 0.717) is 0 Å². The summed E-state index contributed by atoms with van der Waals surface area (Å²) >= 11 is 0. The van der Waals surface area contributed by atoms with Crippen LogP contribution >= 0.6 is 0 Å². The van der Waals surface area contributed by atoms with Crippen LogP contribution in [-0.4, -0.2) is 21.9 Å². The van der Waals surface area contributed by atoms with Gasteiger partial charge in [0.05, 0.1) is 11.7 Å². The van der Waals surface area contributed by atoms with Gasteiger partial charge in [-0.3, -0.25) is 0 Å². The van der Waals surface area contributed by atoms with Crippen molar-refractivity contribution in [2.75, 3.05) is 0 Å². The van der Waals surface area contributed by atoms with E-state index in [1.54, 1.807) is 13.8 Å². The van der Waals surface area contributed by atoms with E-state index in [1.165, 1.54) is 0 Å². The lowest BCUT2D eigenvalue weighted by atomic mass is 9.77. The summed E-state index contributed by atoms with van der Waals surface area (Å²) in [6.45, 7) is 3.57. The summed E-state index contributed by atoms with van der Waals surface area (Å²) in [4.78, 5) is 0. The molecular weight excluding hydrogens is 140 g/mol. The Morgan fingerprint density at radius 2 is 1.73 bits per heavy atom. The van der Waals surface area contributed by atoms with Crippen molar-refractivity contribution in [1.29, 1.82) is 0 Å². The van der Waals surface area contributed by atoms with Crippen LogP contribution in [0, 0.1) is 5.92 Å². The van der Waals surface area contributed by atoms with E-state index in [9.17, 15) is 10.2 Å². The first-order valence-corrected chi connectivity index (χ1v) is 4.42. The average Bonchev–Trinajstić information content (AvgIpc) is 1.86. The van der Waals surface area contributed by atoms with Crippen molar-refractivity contribution in [3.8, 4) is 0 Å². The summed E-state index contributed by atoms with van der Waals surface area (Å²) in [7, 11) is 0. The molecule has 0 heterocycles. The lowest BCUT2D eigenvalue weighted by molar-refractivity contribution is -0.0645.